The number of nitro benzene ring substituents is 1. The summed E-state index contributed by atoms with van der Waals surface area (Å²) in [4.78, 5) is 22.4. The summed E-state index contributed by atoms with van der Waals surface area (Å²) in [6.45, 7) is 1.99. The van der Waals surface area contributed by atoms with E-state index in [2.05, 4.69) is 5.32 Å². The number of nitro groups is 1. The van der Waals surface area contributed by atoms with Crippen molar-refractivity contribution in [1.29, 1.82) is 0 Å². The van der Waals surface area contributed by atoms with E-state index < -0.39 is 10.8 Å². The molecule has 0 aliphatic rings. The lowest BCUT2D eigenvalue weighted by Crippen LogP contribution is -2.13. The fraction of sp³-hybridized carbons (Fsp3) is 0.133. The van der Waals surface area contributed by atoms with Crippen LogP contribution in [0.4, 0.5) is 17.1 Å². The number of para-hydroxylation sites is 1. The summed E-state index contributed by atoms with van der Waals surface area (Å²) in [5, 5.41) is 13.6. The predicted octanol–water partition coefficient (Wildman–Crippen LogP) is 2.99. The predicted molar refractivity (Wildman–Crippen MR) is 81.3 cm³/mol. The molecular formula is C15H15N3O3. The van der Waals surface area contributed by atoms with E-state index in [9.17, 15) is 14.9 Å². The van der Waals surface area contributed by atoms with Crippen molar-refractivity contribution < 1.29 is 9.72 Å². The minimum atomic E-state index is -0.605. The molecule has 108 valence electrons. The van der Waals surface area contributed by atoms with Crippen molar-refractivity contribution in [3.63, 3.8) is 0 Å². The molecule has 1 amide bonds. The topological polar surface area (TPSA) is 98.3 Å². The minimum Gasteiger partial charge on any atom is -0.393 e. The van der Waals surface area contributed by atoms with Gasteiger partial charge in [-0.2, -0.15) is 0 Å². The van der Waals surface area contributed by atoms with Gasteiger partial charge in [0.2, 0.25) is 0 Å². The van der Waals surface area contributed by atoms with Crippen molar-refractivity contribution in [1.82, 2.24) is 0 Å². The summed E-state index contributed by atoms with van der Waals surface area (Å²) in [7, 11) is 0. The minimum absolute atomic E-state index is 0.0329. The summed E-state index contributed by atoms with van der Waals surface area (Å²) in [6.07, 6.45) is 0.776. The molecule has 0 aliphatic heterocycles. The van der Waals surface area contributed by atoms with Crippen LogP contribution in [0, 0.1) is 10.1 Å². The van der Waals surface area contributed by atoms with E-state index in [0.29, 0.717) is 5.69 Å². The second-order valence-corrected chi connectivity index (χ2v) is 4.50. The number of hydrogen-bond acceptors (Lipinski definition) is 4. The van der Waals surface area contributed by atoms with E-state index in [1.54, 1.807) is 6.07 Å². The number of hydrogen-bond donors (Lipinski definition) is 2. The average Bonchev–Trinajstić information content (AvgIpc) is 2.47. The van der Waals surface area contributed by atoms with Crippen LogP contribution < -0.4 is 11.1 Å². The maximum Gasteiger partial charge on any atom is 0.292 e. The van der Waals surface area contributed by atoms with Gasteiger partial charge in [-0.05, 0) is 30.2 Å². The van der Waals surface area contributed by atoms with Crippen molar-refractivity contribution in [3.8, 4) is 0 Å². The highest BCUT2D eigenvalue weighted by Crippen LogP contribution is 2.23. The van der Waals surface area contributed by atoms with Crippen LogP contribution in [0.25, 0.3) is 0 Å². The molecule has 2 rings (SSSR count). The lowest BCUT2D eigenvalue weighted by Gasteiger charge is -2.09. The van der Waals surface area contributed by atoms with Crippen molar-refractivity contribution in [2.75, 3.05) is 11.1 Å². The summed E-state index contributed by atoms with van der Waals surface area (Å²) in [6, 6.07) is 11.4. The number of rotatable bonds is 4. The molecule has 2 aromatic carbocycles. The molecule has 6 nitrogen and oxygen atoms in total. The maximum absolute atomic E-state index is 12.2. The van der Waals surface area contributed by atoms with Gasteiger partial charge in [-0.15, -0.1) is 0 Å². The lowest BCUT2D eigenvalue weighted by molar-refractivity contribution is -0.383. The standard InChI is InChI=1S/C15H15N3O3/c1-2-10-5-3-4-6-13(10)17-15(19)11-7-8-12(16)14(9-11)18(20)21/h3-9H,2,16H2,1H3,(H,17,19). The Kier molecular flexibility index (Phi) is 4.18. The number of carbonyl (C=O) groups is 1. The molecule has 3 N–H and O–H groups in total. The third kappa shape index (κ3) is 3.17. The van der Waals surface area contributed by atoms with Crippen LogP contribution in [0.3, 0.4) is 0 Å². The number of anilines is 2. The highest BCUT2D eigenvalue weighted by Gasteiger charge is 2.16. The molecule has 0 unspecified atom stereocenters. The van der Waals surface area contributed by atoms with Crippen LogP contribution in [-0.2, 0) is 6.42 Å². The largest absolute Gasteiger partial charge is 0.393 e. The number of benzene rings is 2. The Balaban J connectivity index is 2.29. The smallest absolute Gasteiger partial charge is 0.292 e. The first-order chi connectivity index (χ1) is 10.0. The number of nitrogens with one attached hydrogen (secondary N) is 1. The Hall–Kier alpha value is -2.89. The van der Waals surface area contributed by atoms with Crippen LogP contribution >= 0.6 is 0 Å². The Bertz CT molecular complexity index is 698. The zero-order chi connectivity index (χ0) is 15.4. The van der Waals surface area contributed by atoms with Crippen molar-refractivity contribution >= 4 is 23.0 Å². The van der Waals surface area contributed by atoms with Gasteiger partial charge in [-0.3, -0.25) is 14.9 Å². The molecule has 0 saturated heterocycles. The van der Waals surface area contributed by atoms with Crippen LogP contribution in [0.15, 0.2) is 42.5 Å². The van der Waals surface area contributed by atoms with E-state index in [4.69, 9.17) is 5.73 Å². The summed E-state index contributed by atoms with van der Waals surface area (Å²) >= 11 is 0. The van der Waals surface area contributed by atoms with Gasteiger partial charge in [-0.25, -0.2) is 0 Å². The zero-order valence-electron chi connectivity index (χ0n) is 11.5. The average molecular weight is 285 g/mol. The van der Waals surface area contributed by atoms with Gasteiger partial charge in [-0.1, -0.05) is 25.1 Å². The van der Waals surface area contributed by atoms with Gasteiger partial charge < -0.3 is 11.1 Å². The first kappa shape index (κ1) is 14.5. The van der Waals surface area contributed by atoms with Gasteiger partial charge in [0.15, 0.2) is 0 Å². The molecule has 0 aliphatic carbocycles. The summed E-state index contributed by atoms with van der Waals surface area (Å²) < 4.78 is 0. The lowest BCUT2D eigenvalue weighted by atomic mass is 10.1. The van der Waals surface area contributed by atoms with Crippen molar-refractivity contribution in [3.05, 3.63) is 63.7 Å². The summed E-state index contributed by atoms with van der Waals surface area (Å²) in [5.41, 5.74) is 7.17. The van der Waals surface area contributed by atoms with Gasteiger partial charge in [0.1, 0.15) is 5.69 Å². The molecule has 0 atom stereocenters. The molecule has 0 heterocycles. The number of nitrogens with zero attached hydrogens (tertiary/aromatic N) is 1. The van der Waals surface area contributed by atoms with E-state index in [1.807, 2.05) is 25.1 Å². The van der Waals surface area contributed by atoms with E-state index >= 15 is 0 Å². The molecule has 21 heavy (non-hydrogen) atoms. The van der Waals surface area contributed by atoms with E-state index in [0.717, 1.165) is 12.0 Å². The number of amides is 1. The second kappa shape index (κ2) is 6.04. The molecule has 2 aromatic rings. The Morgan fingerprint density at radius 1 is 1.29 bits per heavy atom. The molecule has 0 bridgehead atoms. The van der Waals surface area contributed by atoms with Crippen molar-refractivity contribution in [2.24, 2.45) is 0 Å². The second-order valence-electron chi connectivity index (χ2n) is 4.50. The van der Waals surface area contributed by atoms with Gasteiger partial charge in [0.05, 0.1) is 4.92 Å². The van der Waals surface area contributed by atoms with Gasteiger partial charge >= 0.3 is 0 Å². The SMILES string of the molecule is CCc1ccccc1NC(=O)c1ccc(N)c([N+](=O)[O-])c1. The highest BCUT2D eigenvalue weighted by molar-refractivity contribution is 6.05. The molecular weight excluding hydrogens is 270 g/mol. The molecule has 0 radical (unpaired) electrons. The number of carbonyl (C=O) groups excluding carboxylic acids is 1. The van der Waals surface area contributed by atoms with Crippen LogP contribution in [0.5, 0.6) is 0 Å². The Morgan fingerprint density at radius 3 is 2.67 bits per heavy atom. The first-order valence-electron chi connectivity index (χ1n) is 6.46. The van der Waals surface area contributed by atoms with Crippen molar-refractivity contribution in [2.45, 2.75) is 13.3 Å². The molecule has 0 aromatic heterocycles. The van der Waals surface area contributed by atoms with E-state index in [-0.39, 0.29) is 16.9 Å². The van der Waals surface area contributed by atoms with E-state index in [1.165, 1.54) is 18.2 Å². The van der Waals surface area contributed by atoms with Crippen LogP contribution in [0.1, 0.15) is 22.8 Å². The van der Waals surface area contributed by atoms with Gasteiger partial charge in [0, 0.05) is 17.3 Å². The van der Waals surface area contributed by atoms with Crippen LogP contribution in [0.2, 0.25) is 0 Å². The fourth-order valence-electron chi connectivity index (χ4n) is 1.99. The molecule has 0 saturated carbocycles. The fourth-order valence-corrected chi connectivity index (χ4v) is 1.99. The number of nitrogens with two attached hydrogens (primary N) is 1. The third-order valence-corrected chi connectivity index (χ3v) is 3.14. The monoisotopic (exact) mass is 285 g/mol. The number of aryl methyl sites for hydroxylation is 1. The summed E-state index contributed by atoms with van der Waals surface area (Å²) in [5.74, 6) is -0.404. The molecule has 0 spiro atoms. The zero-order valence-corrected chi connectivity index (χ0v) is 11.5. The first-order valence-corrected chi connectivity index (χ1v) is 6.46. The van der Waals surface area contributed by atoms with Crippen LogP contribution in [-0.4, -0.2) is 10.8 Å². The quantitative estimate of drug-likeness (QED) is 0.512. The molecule has 6 heteroatoms. The molecule has 0 fully saturated rings. The van der Waals surface area contributed by atoms with Gasteiger partial charge in [0.25, 0.3) is 11.6 Å². The third-order valence-electron chi connectivity index (χ3n) is 3.14. The Morgan fingerprint density at radius 2 is 2.00 bits per heavy atom. The normalized spacial score (nSPS) is 10.1. The number of nitrogen functional groups attached to an aromatic ring is 1. The Labute approximate surface area is 121 Å². The maximum atomic E-state index is 12.2. The highest BCUT2D eigenvalue weighted by atomic mass is 16.6.